The van der Waals surface area contributed by atoms with Crippen molar-refractivity contribution in [1.82, 2.24) is 15.1 Å². The molecular weight excluding hydrogens is 482 g/mol. The highest BCUT2D eigenvalue weighted by Gasteiger charge is 2.46. The van der Waals surface area contributed by atoms with E-state index in [9.17, 15) is 14.7 Å². The van der Waals surface area contributed by atoms with Crippen molar-refractivity contribution in [2.24, 2.45) is 5.41 Å². The summed E-state index contributed by atoms with van der Waals surface area (Å²) >= 11 is 0. The summed E-state index contributed by atoms with van der Waals surface area (Å²) in [6.45, 7) is 3.13. The quantitative estimate of drug-likeness (QED) is 0.631. The highest BCUT2D eigenvalue weighted by Crippen LogP contribution is 2.50. The maximum absolute atomic E-state index is 13.4. The minimum atomic E-state index is -0.702. The predicted octanol–water partition coefficient (Wildman–Crippen LogP) is 2.63. The highest BCUT2D eigenvalue weighted by atomic mass is 16.5. The summed E-state index contributed by atoms with van der Waals surface area (Å²) in [5.74, 6) is 0.254. The first kappa shape index (κ1) is 25.3. The van der Waals surface area contributed by atoms with Gasteiger partial charge in [-0.15, -0.1) is 0 Å². The van der Waals surface area contributed by atoms with E-state index in [1.165, 1.54) is 11.1 Å². The fraction of sp³-hybridized carbons (Fsp3) is 0.533. The van der Waals surface area contributed by atoms with Crippen LogP contribution in [0.4, 0.5) is 0 Å². The van der Waals surface area contributed by atoms with Crippen LogP contribution in [0.3, 0.4) is 0 Å². The van der Waals surface area contributed by atoms with Gasteiger partial charge in [-0.25, -0.2) is 0 Å². The first-order chi connectivity index (χ1) is 18.4. The van der Waals surface area contributed by atoms with Crippen molar-refractivity contribution in [2.45, 2.75) is 56.9 Å². The summed E-state index contributed by atoms with van der Waals surface area (Å²) in [6.07, 6.45) is 4.60. The lowest BCUT2D eigenvalue weighted by Gasteiger charge is -2.51. The number of fused-ring (bicyclic) bond motifs is 2. The molecule has 1 aliphatic carbocycles. The largest absolute Gasteiger partial charge is 0.491 e. The third kappa shape index (κ3) is 4.81. The van der Waals surface area contributed by atoms with Crippen LogP contribution in [0, 0.1) is 5.41 Å². The number of rotatable bonds is 5. The number of amides is 2. The molecule has 1 saturated carbocycles. The Kier molecular flexibility index (Phi) is 6.88. The molecule has 4 aliphatic rings. The minimum absolute atomic E-state index is 0.0125. The van der Waals surface area contributed by atoms with E-state index in [1.807, 2.05) is 17.0 Å². The van der Waals surface area contributed by atoms with Gasteiger partial charge >= 0.3 is 0 Å². The smallest absolute Gasteiger partial charge is 0.257 e. The number of nitrogens with one attached hydrogen (secondary N) is 1. The van der Waals surface area contributed by atoms with E-state index >= 15 is 0 Å². The summed E-state index contributed by atoms with van der Waals surface area (Å²) in [4.78, 5) is 30.3. The Labute approximate surface area is 223 Å². The van der Waals surface area contributed by atoms with Crippen molar-refractivity contribution >= 4 is 11.8 Å². The number of nitrogens with zero attached hydrogens (tertiary/aromatic N) is 2. The van der Waals surface area contributed by atoms with Crippen LogP contribution in [0.25, 0.3) is 0 Å². The molecule has 2 N–H and O–H groups in total. The molecule has 1 saturated heterocycles. The van der Waals surface area contributed by atoms with Gasteiger partial charge in [-0.05, 0) is 66.8 Å². The number of aliphatic hydroxyl groups excluding tert-OH is 1. The lowest BCUT2D eigenvalue weighted by Crippen LogP contribution is -2.50. The Hall–Kier alpha value is -2.94. The van der Waals surface area contributed by atoms with Crippen LogP contribution < -0.4 is 10.1 Å². The Balaban J connectivity index is 1.09. The molecule has 3 heterocycles. The average molecular weight is 520 g/mol. The number of methoxy groups -OCH3 is 1. The van der Waals surface area contributed by atoms with Gasteiger partial charge in [-0.3, -0.25) is 9.59 Å². The zero-order chi connectivity index (χ0) is 26.3. The lowest BCUT2D eigenvalue weighted by molar-refractivity contribution is -0.0841. The minimum Gasteiger partial charge on any atom is -0.491 e. The van der Waals surface area contributed by atoms with Crippen LogP contribution in [-0.4, -0.2) is 84.9 Å². The van der Waals surface area contributed by atoms with E-state index in [-0.39, 0.29) is 24.4 Å². The van der Waals surface area contributed by atoms with Crippen molar-refractivity contribution in [1.29, 1.82) is 0 Å². The van der Waals surface area contributed by atoms with E-state index < -0.39 is 6.10 Å². The van der Waals surface area contributed by atoms with Crippen LogP contribution in [0.15, 0.2) is 42.5 Å². The number of carbonyl (C=O) groups excluding carboxylic acids is 2. The average Bonchev–Trinajstić information content (AvgIpc) is 3.09. The molecule has 3 aliphatic heterocycles. The SMILES string of the molecule is COC1CC2(CCN(C(=O)c3ccc4c(c3)OCCN(CC(O)[C@@H]3Cc5ccccc5CN3)C4=O)CC2)C1. The number of β-amino-alcohol motifs (C(OH)–C–C–N with tert-alkyl or cyclic N) is 1. The number of likely N-dealkylation sites (tertiary alicyclic amines) is 1. The number of hydrogen-bond acceptors (Lipinski definition) is 6. The summed E-state index contributed by atoms with van der Waals surface area (Å²) in [6, 6.07) is 13.3. The van der Waals surface area contributed by atoms with Crippen LogP contribution in [0.2, 0.25) is 0 Å². The van der Waals surface area contributed by atoms with Gasteiger partial charge in [0, 0.05) is 44.9 Å². The standard InChI is InChI=1S/C30H37N3O5/c1-37-23-16-30(17-23)8-10-32(11-9-30)28(35)21-6-7-24-27(15-21)38-13-12-33(29(24)36)19-26(34)25-14-20-4-2-3-5-22(20)18-31-25/h2-7,15,23,25-26,31,34H,8-14,16-19H2,1H3/t25-,26?/m0/s1. The van der Waals surface area contributed by atoms with E-state index in [4.69, 9.17) is 9.47 Å². The molecule has 38 heavy (non-hydrogen) atoms. The molecule has 1 unspecified atom stereocenters. The molecule has 2 amide bonds. The van der Waals surface area contributed by atoms with Crippen molar-refractivity contribution in [3.8, 4) is 5.75 Å². The van der Waals surface area contributed by atoms with E-state index in [0.717, 1.165) is 45.2 Å². The third-order valence-corrected chi connectivity index (χ3v) is 9.12. The van der Waals surface area contributed by atoms with Crippen molar-refractivity contribution in [3.63, 3.8) is 0 Å². The molecule has 2 aromatic carbocycles. The molecule has 6 rings (SSSR count). The molecule has 2 fully saturated rings. The first-order valence-electron chi connectivity index (χ1n) is 13.8. The third-order valence-electron chi connectivity index (χ3n) is 9.12. The Morgan fingerprint density at radius 2 is 1.92 bits per heavy atom. The number of hydrogen-bond donors (Lipinski definition) is 2. The Morgan fingerprint density at radius 1 is 1.16 bits per heavy atom. The molecule has 2 aromatic rings. The second-order valence-corrected chi connectivity index (χ2v) is 11.4. The maximum Gasteiger partial charge on any atom is 0.257 e. The molecule has 8 nitrogen and oxygen atoms in total. The normalized spacial score (nSPS) is 23.6. The Bertz CT molecular complexity index is 1200. The van der Waals surface area contributed by atoms with Gasteiger partial charge in [0.2, 0.25) is 0 Å². The van der Waals surface area contributed by atoms with Gasteiger partial charge in [0.1, 0.15) is 12.4 Å². The summed E-state index contributed by atoms with van der Waals surface area (Å²) < 4.78 is 11.4. The zero-order valence-corrected chi connectivity index (χ0v) is 22.0. The summed E-state index contributed by atoms with van der Waals surface area (Å²) in [5.41, 5.74) is 3.81. The fourth-order valence-corrected chi connectivity index (χ4v) is 6.62. The molecule has 1 spiro atoms. The van der Waals surface area contributed by atoms with Crippen LogP contribution in [-0.2, 0) is 17.7 Å². The maximum atomic E-state index is 13.4. The van der Waals surface area contributed by atoms with Crippen LogP contribution in [0.5, 0.6) is 5.75 Å². The van der Waals surface area contributed by atoms with E-state index in [0.29, 0.717) is 48.1 Å². The van der Waals surface area contributed by atoms with Gasteiger partial charge in [0.05, 0.1) is 24.3 Å². The summed E-state index contributed by atoms with van der Waals surface area (Å²) in [5, 5.41) is 14.4. The molecule has 202 valence electrons. The number of piperidine rings is 1. The highest BCUT2D eigenvalue weighted by molar-refractivity contribution is 6.00. The molecule has 0 aromatic heterocycles. The van der Waals surface area contributed by atoms with E-state index in [2.05, 4.69) is 17.4 Å². The number of carbonyl (C=O) groups is 2. The van der Waals surface area contributed by atoms with Gasteiger partial charge in [-0.2, -0.15) is 0 Å². The van der Waals surface area contributed by atoms with Gasteiger partial charge in [0.25, 0.3) is 11.8 Å². The molecule has 2 atom stereocenters. The number of benzene rings is 2. The molecule has 0 radical (unpaired) electrons. The van der Waals surface area contributed by atoms with Crippen molar-refractivity contribution < 1.29 is 24.2 Å². The van der Waals surface area contributed by atoms with Gasteiger partial charge in [-0.1, -0.05) is 24.3 Å². The van der Waals surface area contributed by atoms with Crippen LogP contribution in [0.1, 0.15) is 57.5 Å². The monoisotopic (exact) mass is 519 g/mol. The number of ether oxygens (including phenoxy) is 2. The second-order valence-electron chi connectivity index (χ2n) is 11.4. The lowest BCUT2D eigenvalue weighted by atomic mass is 9.61. The molecular formula is C30H37N3O5. The van der Waals surface area contributed by atoms with Gasteiger partial charge in [0.15, 0.2) is 0 Å². The molecule has 8 heteroatoms. The van der Waals surface area contributed by atoms with E-state index in [1.54, 1.807) is 30.2 Å². The predicted molar refractivity (Wildman–Crippen MR) is 142 cm³/mol. The molecule has 0 bridgehead atoms. The zero-order valence-electron chi connectivity index (χ0n) is 22.0. The van der Waals surface area contributed by atoms with Crippen molar-refractivity contribution in [3.05, 3.63) is 64.7 Å². The second kappa shape index (κ2) is 10.3. The Morgan fingerprint density at radius 3 is 2.68 bits per heavy atom. The van der Waals surface area contributed by atoms with Gasteiger partial charge < -0.3 is 29.7 Å². The topological polar surface area (TPSA) is 91.3 Å². The fourth-order valence-electron chi connectivity index (χ4n) is 6.62. The summed E-state index contributed by atoms with van der Waals surface area (Å²) in [7, 11) is 1.77. The first-order valence-corrected chi connectivity index (χ1v) is 13.8. The van der Waals surface area contributed by atoms with Crippen molar-refractivity contribution in [2.75, 3.05) is 39.9 Å². The van der Waals surface area contributed by atoms with Crippen LogP contribution >= 0.6 is 0 Å². The number of aliphatic hydroxyl groups is 1.